The molecule has 0 amide bonds. The number of hydrogen-bond donors (Lipinski definition) is 0. The topological polar surface area (TPSA) is 6.48 Å². The van der Waals surface area contributed by atoms with Gasteiger partial charge in [-0.3, -0.25) is 4.90 Å². The Morgan fingerprint density at radius 2 is 1.25 bits per heavy atom. The minimum Gasteiger partial charge on any atom is -0.369 e. The lowest BCUT2D eigenvalue weighted by molar-refractivity contribution is -0.143. The fraction of sp³-hybridized carbons (Fsp3) is 0.333. The van der Waals surface area contributed by atoms with E-state index >= 15 is 0 Å². The molecule has 0 aromatic heterocycles. The van der Waals surface area contributed by atoms with Crippen LogP contribution in [0.15, 0.2) is 72.8 Å². The lowest BCUT2D eigenvalue weighted by atomic mass is 9.95. The number of rotatable bonds is 6. The molecule has 3 aromatic carbocycles. The van der Waals surface area contributed by atoms with Gasteiger partial charge in [0, 0.05) is 37.9 Å². The first kappa shape index (κ1) is 26.0. The van der Waals surface area contributed by atoms with E-state index in [2.05, 4.69) is 9.80 Å². The SMILES string of the molecule is Fc1ccc(N2CCN(C(CCc3cc(C(F)(F)F)cc(C(F)(F)F)c3)c3ccccc3)CC2)cc1. The Labute approximate surface area is 205 Å². The van der Waals surface area contributed by atoms with Crippen molar-refractivity contribution < 1.29 is 30.7 Å². The summed E-state index contributed by atoms with van der Waals surface area (Å²) < 4.78 is 93.0. The molecule has 1 fully saturated rings. The second-order valence-corrected chi connectivity index (χ2v) is 8.88. The average molecular weight is 510 g/mol. The third kappa shape index (κ3) is 6.37. The zero-order valence-electron chi connectivity index (χ0n) is 19.3. The molecule has 3 aromatic rings. The van der Waals surface area contributed by atoms with Crippen molar-refractivity contribution in [2.75, 3.05) is 31.1 Å². The molecule has 192 valence electrons. The lowest BCUT2D eigenvalue weighted by Gasteiger charge is -2.40. The van der Waals surface area contributed by atoms with Crippen molar-refractivity contribution in [2.45, 2.75) is 31.2 Å². The van der Waals surface area contributed by atoms with E-state index in [0.29, 0.717) is 32.6 Å². The predicted octanol–water partition coefficient (Wildman–Crippen LogP) is 7.36. The molecule has 0 bridgehead atoms. The van der Waals surface area contributed by atoms with Crippen LogP contribution in [0.2, 0.25) is 0 Å². The third-order valence-corrected chi connectivity index (χ3v) is 6.49. The summed E-state index contributed by atoms with van der Waals surface area (Å²) in [7, 11) is 0. The van der Waals surface area contributed by atoms with Crippen molar-refractivity contribution in [3.63, 3.8) is 0 Å². The standard InChI is InChI=1S/C27H25F7N2/c28-23-7-9-24(10-8-23)35-12-14-36(15-13-35)25(20-4-2-1-3-5-20)11-6-19-16-21(26(29,30)31)18-22(17-19)27(32,33)34/h1-5,7-10,16-18,25H,6,11-15H2. The first-order valence-corrected chi connectivity index (χ1v) is 11.6. The third-order valence-electron chi connectivity index (χ3n) is 6.49. The zero-order valence-corrected chi connectivity index (χ0v) is 19.3. The smallest absolute Gasteiger partial charge is 0.369 e. The van der Waals surface area contributed by atoms with Crippen molar-refractivity contribution in [3.8, 4) is 0 Å². The van der Waals surface area contributed by atoms with Crippen molar-refractivity contribution >= 4 is 5.69 Å². The number of hydrogen-bond acceptors (Lipinski definition) is 2. The Morgan fingerprint density at radius 1 is 0.694 bits per heavy atom. The number of piperazine rings is 1. The zero-order chi connectivity index (χ0) is 25.9. The van der Waals surface area contributed by atoms with E-state index in [0.717, 1.165) is 23.4 Å². The second-order valence-electron chi connectivity index (χ2n) is 8.88. The molecule has 1 heterocycles. The molecular formula is C27H25F7N2. The van der Waals surface area contributed by atoms with E-state index in [1.165, 1.54) is 12.1 Å². The molecule has 2 nitrogen and oxygen atoms in total. The highest BCUT2D eigenvalue weighted by atomic mass is 19.4. The molecule has 0 N–H and O–H groups in total. The van der Waals surface area contributed by atoms with Crippen LogP contribution in [0, 0.1) is 5.82 Å². The fourth-order valence-electron chi connectivity index (χ4n) is 4.65. The Balaban J connectivity index is 1.53. The highest BCUT2D eigenvalue weighted by molar-refractivity contribution is 5.46. The average Bonchev–Trinajstić information content (AvgIpc) is 2.84. The van der Waals surface area contributed by atoms with Crippen molar-refractivity contribution in [2.24, 2.45) is 0 Å². The van der Waals surface area contributed by atoms with Crippen molar-refractivity contribution in [3.05, 3.63) is 101 Å². The minimum absolute atomic E-state index is 0.00280. The molecule has 4 rings (SSSR count). The summed E-state index contributed by atoms with van der Waals surface area (Å²) >= 11 is 0. The van der Waals surface area contributed by atoms with Gasteiger partial charge in [0.2, 0.25) is 0 Å². The van der Waals surface area contributed by atoms with E-state index in [1.807, 2.05) is 30.3 Å². The molecular weight excluding hydrogens is 485 g/mol. The van der Waals surface area contributed by atoms with Crippen LogP contribution in [0.3, 0.4) is 0 Å². The molecule has 9 heteroatoms. The maximum Gasteiger partial charge on any atom is 0.416 e. The molecule has 0 spiro atoms. The van der Waals surface area contributed by atoms with Gasteiger partial charge in [-0.05, 0) is 66.4 Å². The van der Waals surface area contributed by atoms with Crippen molar-refractivity contribution in [1.82, 2.24) is 4.90 Å². The van der Waals surface area contributed by atoms with Gasteiger partial charge in [-0.15, -0.1) is 0 Å². The summed E-state index contributed by atoms with van der Waals surface area (Å²) in [5, 5.41) is 0. The number of halogens is 7. The number of benzene rings is 3. The molecule has 1 saturated heterocycles. The predicted molar refractivity (Wildman–Crippen MR) is 124 cm³/mol. The van der Waals surface area contributed by atoms with Crippen LogP contribution in [0.1, 0.15) is 34.7 Å². The van der Waals surface area contributed by atoms with Crippen molar-refractivity contribution in [1.29, 1.82) is 0 Å². The van der Waals surface area contributed by atoms with E-state index in [9.17, 15) is 30.7 Å². The van der Waals surface area contributed by atoms with E-state index in [1.54, 1.807) is 12.1 Å². The van der Waals surface area contributed by atoms with Gasteiger partial charge in [0.05, 0.1) is 11.1 Å². The van der Waals surface area contributed by atoms with Crippen LogP contribution in [0.25, 0.3) is 0 Å². The maximum atomic E-state index is 13.3. The van der Waals surface area contributed by atoms with Gasteiger partial charge >= 0.3 is 12.4 Å². The van der Waals surface area contributed by atoms with Gasteiger partial charge in [0.15, 0.2) is 0 Å². The highest BCUT2D eigenvalue weighted by Gasteiger charge is 2.37. The molecule has 36 heavy (non-hydrogen) atoms. The lowest BCUT2D eigenvalue weighted by Crippen LogP contribution is -2.47. The summed E-state index contributed by atoms with van der Waals surface area (Å²) in [5.41, 5.74) is -0.734. The van der Waals surface area contributed by atoms with Gasteiger partial charge in [-0.25, -0.2) is 4.39 Å². The Bertz CT molecular complexity index is 1100. The van der Waals surface area contributed by atoms with Crippen LogP contribution < -0.4 is 4.90 Å². The summed E-state index contributed by atoms with van der Waals surface area (Å²) in [6.45, 7) is 2.62. The molecule has 0 saturated carbocycles. The van der Waals surface area contributed by atoms with E-state index in [4.69, 9.17) is 0 Å². The number of aryl methyl sites for hydroxylation is 1. The van der Waals surface area contributed by atoms with Gasteiger partial charge in [-0.2, -0.15) is 26.3 Å². The summed E-state index contributed by atoms with van der Waals surface area (Å²) in [4.78, 5) is 4.33. The van der Waals surface area contributed by atoms with Crippen LogP contribution in [0.4, 0.5) is 36.4 Å². The van der Waals surface area contributed by atoms with Gasteiger partial charge in [0.1, 0.15) is 5.82 Å². The monoisotopic (exact) mass is 510 g/mol. The Hall–Kier alpha value is -3.07. The van der Waals surface area contributed by atoms with Crippen LogP contribution in [-0.2, 0) is 18.8 Å². The number of nitrogens with zero attached hydrogens (tertiary/aromatic N) is 2. The van der Waals surface area contributed by atoms with E-state index < -0.39 is 23.5 Å². The fourth-order valence-corrected chi connectivity index (χ4v) is 4.65. The highest BCUT2D eigenvalue weighted by Crippen LogP contribution is 2.37. The second kappa shape index (κ2) is 10.5. The Kier molecular flexibility index (Phi) is 7.59. The minimum atomic E-state index is -4.87. The molecule has 1 aliphatic rings. The van der Waals surface area contributed by atoms with Gasteiger partial charge in [-0.1, -0.05) is 30.3 Å². The van der Waals surface area contributed by atoms with Crippen LogP contribution in [0.5, 0.6) is 0 Å². The normalized spacial score (nSPS) is 16.2. The first-order chi connectivity index (χ1) is 17.0. The van der Waals surface area contributed by atoms with Gasteiger partial charge in [0.25, 0.3) is 0 Å². The summed E-state index contributed by atoms with van der Waals surface area (Å²) in [5.74, 6) is -0.315. The largest absolute Gasteiger partial charge is 0.416 e. The van der Waals surface area contributed by atoms with Crippen LogP contribution >= 0.6 is 0 Å². The number of anilines is 1. The maximum absolute atomic E-state index is 13.3. The number of alkyl halides is 6. The summed E-state index contributed by atoms with van der Waals surface area (Å²) in [6, 6.07) is 17.3. The quantitative estimate of drug-likeness (QED) is 0.320. The Morgan fingerprint density at radius 3 is 1.78 bits per heavy atom. The van der Waals surface area contributed by atoms with Crippen LogP contribution in [-0.4, -0.2) is 31.1 Å². The molecule has 1 aliphatic heterocycles. The molecule has 0 radical (unpaired) electrons. The molecule has 1 unspecified atom stereocenters. The first-order valence-electron chi connectivity index (χ1n) is 11.6. The van der Waals surface area contributed by atoms with Gasteiger partial charge < -0.3 is 4.90 Å². The molecule has 0 aliphatic carbocycles. The van der Waals surface area contributed by atoms with E-state index in [-0.39, 0.29) is 29.9 Å². The summed E-state index contributed by atoms with van der Waals surface area (Å²) in [6.07, 6.45) is -9.32. The molecule has 1 atom stereocenters.